The summed E-state index contributed by atoms with van der Waals surface area (Å²) in [6, 6.07) is 5.09. The number of benzene rings is 1. The Morgan fingerprint density at radius 3 is 2.81 bits per heavy atom. The average Bonchev–Trinajstić information content (AvgIpc) is 2.60. The molecule has 1 aromatic heterocycles. The number of halogens is 1. The Morgan fingerprint density at radius 1 is 1.50 bits per heavy atom. The fourth-order valence-electron chi connectivity index (χ4n) is 1.42. The molecule has 84 valence electrons. The molecule has 0 atom stereocenters. The summed E-state index contributed by atoms with van der Waals surface area (Å²) in [5, 5.41) is 13.7. The molecular weight excluding hydrogens is 230 g/mol. The minimum atomic E-state index is -0.965. The molecule has 0 aliphatic heterocycles. The molecule has 4 nitrogen and oxygen atoms in total. The summed E-state index contributed by atoms with van der Waals surface area (Å²) < 4.78 is 4.99. The van der Waals surface area contributed by atoms with Gasteiger partial charge in [0.2, 0.25) is 0 Å². The predicted octanol–water partition coefficient (Wildman–Crippen LogP) is 2.84. The van der Waals surface area contributed by atoms with Gasteiger partial charge in [-0.15, -0.1) is 0 Å². The van der Waals surface area contributed by atoms with Crippen LogP contribution in [0.5, 0.6) is 0 Å². The molecule has 0 unspecified atom stereocenters. The topological polar surface area (TPSA) is 63.3 Å². The van der Waals surface area contributed by atoms with E-state index in [0.29, 0.717) is 16.5 Å². The molecule has 16 heavy (non-hydrogen) atoms. The van der Waals surface area contributed by atoms with Crippen molar-refractivity contribution in [3.05, 3.63) is 28.9 Å². The first-order valence-corrected chi connectivity index (χ1v) is 5.09. The third kappa shape index (κ3) is 1.55. The summed E-state index contributed by atoms with van der Waals surface area (Å²) in [7, 11) is 0. The molecule has 0 bridgehead atoms. The molecule has 1 aromatic carbocycles. The molecule has 0 aliphatic carbocycles. The fourth-order valence-corrected chi connectivity index (χ4v) is 1.61. The van der Waals surface area contributed by atoms with Crippen molar-refractivity contribution in [1.29, 1.82) is 0 Å². The summed E-state index contributed by atoms with van der Waals surface area (Å²) in [5.74, 6) is -0.891. The summed E-state index contributed by atoms with van der Waals surface area (Å²) in [6.45, 7) is 3.27. The zero-order chi connectivity index (χ0) is 11.9. The molecule has 0 spiro atoms. The molecule has 2 rings (SSSR count). The summed E-state index contributed by atoms with van der Waals surface area (Å²) in [4.78, 5) is 11.1. The highest BCUT2D eigenvalue weighted by Gasteiger charge is 2.30. The van der Waals surface area contributed by atoms with Crippen molar-refractivity contribution in [1.82, 2.24) is 5.16 Å². The second kappa shape index (κ2) is 3.49. The van der Waals surface area contributed by atoms with Gasteiger partial charge in [0.05, 0.1) is 10.8 Å². The van der Waals surface area contributed by atoms with Gasteiger partial charge in [-0.2, -0.15) is 0 Å². The van der Waals surface area contributed by atoms with Crippen LogP contribution in [0.15, 0.2) is 22.7 Å². The van der Waals surface area contributed by atoms with Crippen LogP contribution in [0.1, 0.15) is 19.4 Å². The van der Waals surface area contributed by atoms with Crippen molar-refractivity contribution in [2.24, 2.45) is 0 Å². The fraction of sp³-hybridized carbons (Fsp3) is 0.273. The molecular formula is C11H10ClNO3. The van der Waals surface area contributed by atoms with Gasteiger partial charge in [0.15, 0.2) is 10.7 Å². The molecule has 0 aliphatic rings. The third-order valence-electron chi connectivity index (χ3n) is 2.68. The average molecular weight is 240 g/mol. The molecule has 5 heteroatoms. The van der Waals surface area contributed by atoms with Crippen molar-refractivity contribution in [3.63, 3.8) is 0 Å². The Balaban J connectivity index is 2.59. The van der Waals surface area contributed by atoms with E-state index in [1.165, 1.54) is 0 Å². The van der Waals surface area contributed by atoms with E-state index in [1.54, 1.807) is 32.0 Å². The lowest BCUT2D eigenvalue weighted by atomic mass is 9.84. The van der Waals surface area contributed by atoms with Crippen LogP contribution in [-0.4, -0.2) is 16.2 Å². The maximum Gasteiger partial charge on any atom is 0.313 e. The first kappa shape index (κ1) is 11.0. The lowest BCUT2D eigenvalue weighted by Gasteiger charge is -2.19. The van der Waals surface area contributed by atoms with E-state index in [-0.39, 0.29) is 5.15 Å². The lowest BCUT2D eigenvalue weighted by molar-refractivity contribution is -0.142. The van der Waals surface area contributed by atoms with Gasteiger partial charge in [-0.1, -0.05) is 22.8 Å². The van der Waals surface area contributed by atoms with E-state index in [4.69, 9.17) is 21.2 Å². The number of aromatic nitrogens is 1. The van der Waals surface area contributed by atoms with Gasteiger partial charge >= 0.3 is 5.97 Å². The maximum absolute atomic E-state index is 11.1. The molecule has 2 aromatic rings. The minimum absolute atomic E-state index is 0.287. The Bertz CT molecular complexity index is 559. The Morgan fingerprint density at radius 2 is 2.19 bits per heavy atom. The van der Waals surface area contributed by atoms with Gasteiger partial charge in [0, 0.05) is 0 Å². The Kier molecular flexibility index (Phi) is 2.39. The summed E-state index contributed by atoms with van der Waals surface area (Å²) >= 11 is 5.78. The maximum atomic E-state index is 11.1. The van der Waals surface area contributed by atoms with Crippen molar-refractivity contribution in [2.75, 3.05) is 0 Å². The van der Waals surface area contributed by atoms with Crippen LogP contribution in [0.25, 0.3) is 11.0 Å². The normalized spacial score (nSPS) is 11.9. The van der Waals surface area contributed by atoms with E-state index in [0.717, 1.165) is 0 Å². The minimum Gasteiger partial charge on any atom is -0.481 e. The van der Waals surface area contributed by atoms with Crippen LogP contribution in [-0.2, 0) is 10.2 Å². The Labute approximate surface area is 96.8 Å². The van der Waals surface area contributed by atoms with Gasteiger partial charge in [-0.05, 0) is 31.5 Å². The van der Waals surface area contributed by atoms with E-state index in [1.807, 2.05) is 0 Å². The zero-order valence-electron chi connectivity index (χ0n) is 8.82. The molecule has 0 saturated heterocycles. The van der Waals surface area contributed by atoms with Crippen LogP contribution in [0.3, 0.4) is 0 Å². The number of nitrogens with zero attached hydrogens (tertiary/aromatic N) is 1. The zero-order valence-corrected chi connectivity index (χ0v) is 9.58. The van der Waals surface area contributed by atoms with E-state index in [2.05, 4.69) is 5.16 Å². The second-order valence-electron chi connectivity index (χ2n) is 4.11. The van der Waals surface area contributed by atoms with Crippen LogP contribution in [0.4, 0.5) is 0 Å². The Hall–Kier alpha value is -1.55. The highest BCUT2D eigenvalue weighted by molar-refractivity contribution is 6.34. The number of carbonyl (C=O) groups is 1. The first-order chi connectivity index (χ1) is 7.43. The smallest absolute Gasteiger partial charge is 0.313 e. The van der Waals surface area contributed by atoms with Crippen LogP contribution < -0.4 is 0 Å². The van der Waals surface area contributed by atoms with Crippen LogP contribution in [0.2, 0.25) is 5.15 Å². The van der Waals surface area contributed by atoms with Gasteiger partial charge in [0.1, 0.15) is 0 Å². The quantitative estimate of drug-likeness (QED) is 0.875. The molecule has 0 fully saturated rings. The van der Waals surface area contributed by atoms with Crippen molar-refractivity contribution in [2.45, 2.75) is 19.3 Å². The molecule has 1 N–H and O–H groups in total. The monoisotopic (exact) mass is 239 g/mol. The number of rotatable bonds is 2. The third-order valence-corrected chi connectivity index (χ3v) is 2.96. The molecule has 0 radical (unpaired) electrons. The van der Waals surface area contributed by atoms with Gasteiger partial charge in [-0.25, -0.2) is 0 Å². The number of hydrogen-bond donors (Lipinski definition) is 1. The second-order valence-corrected chi connectivity index (χ2v) is 4.47. The van der Waals surface area contributed by atoms with E-state index >= 15 is 0 Å². The van der Waals surface area contributed by atoms with Gasteiger partial charge in [-0.3, -0.25) is 4.79 Å². The molecule has 1 heterocycles. The molecule has 0 saturated carbocycles. The van der Waals surface area contributed by atoms with Crippen LogP contribution in [0, 0.1) is 0 Å². The number of carboxylic acid groups (broad SMARTS) is 1. The highest BCUT2D eigenvalue weighted by Crippen LogP contribution is 2.29. The highest BCUT2D eigenvalue weighted by atomic mass is 35.5. The molecule has 0 amide bonds. The predicted molar refractivity (Wildman–Crippen MR) is 59.7 cm³/mol. The summed E-state index contributed by atoms with van der Waals surface area (Å²) in [5.41, 5.74) is 0.185. The van der Waals surface area contributed by atoms with Crippen molar-refractivity contribution in [3.8, 4) is 0 Å². The standard InChI is InChI=1S/C11H10ClNO3/c1-11(2,10(14)15)6-3-4-7-8(5-6)16-13-9(7)12/h3-5H,1-2H3,(H,14,15). The lowest BCUT2D eigenvalue weighted by Crippen LogP contribution is -2.28. The number of hydrogen-bond acceptors (Lipinski definition) is 3. The van der Waals surface area contributed by atoms with Gasteiger partial charge < -0.3 is 9.63 Å². The van der Waals surface area contributed by atoms with E-state index < -0.39 is 11.4 Å². The number of carboxylic acids is 1. The first-order valence-electron chi connectivity index (χ1n) is 4.72. The van der Waals surface area contributed by atoms with Gasteiger partial charge in [0.25, 0.3) is 0 Å². The largest absolute Gasteiger partial charge is 0.481 e. The van der Waals surface area contributed by atoms with Crippen molar-refractivity contribution < 1.29 is 14.4 Å². The van der Waals surface area contributed by atoms with Crippen LogP contribution >= 0.6 is 11.6 Å². The number of aliphatic carboxylic acids is 1. The SMILES string of the molecule is CC(C)(C(=O)O)c1ccc2c(Cl)noc2c1. The van der Waals surface area contributed by atoms with E-state index in [9.17, 15) is 4.79 Å². The van der Waals surface area contributed by atoms with Crippen molar-refractivity contribution >= 4 is 28.5 Å². The summed E-state index contributed by atoms with van der Waals surface area (Å²) in [6.07, 6.45) is 0. The number of fused-ring (bicyclic) bond motifs is 1.